The van der Waals surface area contributed by atoms with Crippen LogP contribution in [0.4, 0.5) is 0 Å². The molecule has 1 aromatic rings. The second kappa shape index (κ2) is 12.4. The van der Waals surface area contributed by atoms with Gasteiger partial charge in [-0.1, -0.05) is 38.7 Å². The minimum atomic E-state index is 0.837. The van der Waals surface area contributed by atoms with Crippen LogP contribution in [0.5, 0.6) is 0 Å². The Hall–Kier alpha value is -0.560. The summed E-state index contributed by atoms with van der Waals surface area (Å²) in [6, 6.07) is 5.72. The molecule has 0 aromatic carbocycles. The monoisotopic (exact) mass is 213 g/mol. The van der Waals surface area contributed by atoms with E-state index in [1.54, 1.807) is 12.4 Å². The fourth-order valence-corrected chi connectivity index (χ4v) is 1.20. The van der Waals surface area contributed by atoms with E-state index in [4.69, 9.17) is 11.6 Å². The molecule has 0 aliphatic rings. The summed E-state index contributed by atoms with van der Waals surface area (Å²) < 4.78 is 0. The standard InChI is InChI=1S/C7H15Cl.C5H5N/c1-2-3-4-5-6-7-8;1-2-4-6-5-3-1/h2-7H2,1H3;1-5H. The van der Waals surface area contributed by atoms with Gasteiger partial charge in [0, 0.05) is 18.3 Å². The summed E-state index contributed by atoms with van der Waals surface area (Å²) in [5, 5.41) is 0. The Labute approximate surface area is 92.5 Å². The predicted molar refractivity (Wildman–Crippen MR) is 63.7 cm³/mol. The van der Waals surface area contributed by atoms with Crippen molar-refractivity contribution in [2.24, 2.45) is 0 Å². The normalized spacial score (nSPS) is 9.00. The lowest BCUT2D eigenvalue weighted by Gasteiger charge is -1.93. The van der Waals surface area contributed by atoms with Crippen LogP contribution in [0.2, 0.25) is 0 Å². The van der Waals surface area contributed by atoms with Crippen LogP contribution < -0.4 is 0 Å². The number of hydrogen-bond donors (Lipinski definition) is 0. The largest absolute Gasteiger partial charge is 0.265 e. The number of unbranched alkanes of at least 4 members (excludes halogenated alkanes) is 4. The van der Waals surface area contributed by atoms with Crippen molar-refractivity contribution in [1.29, 1.82) is 0 Å². The average Bonchev–Trinajstić information content (AvgIpc) is 2.28. The highest BCUT2D eigenvalue weighted by Crippen LogP contribution is 2.02. The van der Waals surface area contributed by atoms with E-state index < -0.39 is 0 Å². The van der Waals surface area contributed by atoms with Crippen molar-refractivity contribution in [3.05, 3.63) is 30.6 Å². The average molecular weight is 214 g/mol. The molecule has 0 saturated carbocycles. The van der Waals surface area contributed by atoms with Crippen LogP contribution in [0.15, 0.2) is 30.6 Å². The van der Waals surface area contributed by atoms with E-state index in [1.807, 2.05) is 18.2 Å². The van der Waals surface area contributed by atoms with Gasteiger partial charge in [0.25, 0.3) is 0 Å². The molecule has 0 unspecified atom stereocenters. The number of halogens is 1. The maximum atomic E-state index is 5.48. The van der Waals surface area contributed by atoms with Gasteiger partial charge in [-0.25, -0.2) is 0 Å². The molecule has 0 N–H and O–H groups in total. The molecule has 1 heterocycles. The minimum Gasteiger partial charge on any atom is -0.265 e. The molecule has 0 bridgehead atoms. The van der Waals surface area contributed by atoms with E-state index in [9.17, 15) is 0 Å². The maximum Gasteiger partial charge on any atom is 0.0267 e. The zero-order valence-electron chi connectivity index (χ0n) is 8.95. The molecule has 0 radical (unpaired) electrons. The number of rotatable bonds is 5. The van der Waals surface area contributed by atoms with Crippen LogP contribution in [-0.4, -0.2) is 10.9 Å². The number of aromatic nitrogens is 1. The first-order valence-electron chi connectivity index (χ1n) is 5.32. The lowest BCUT2D eigenvalue weighted by molar-refractivity contribution is 0.658. The lowest BCUT2D eigenvalue weighted by atomic mass is 10.2. The van der Waals surface area contributed by atoms with Crippen molar-refractivity contribution in [3.63, 3.8) is 0 Å². The summed E-state index contributed by atoms with van der Waals surface area (Å²) in [7, 11) is 0. The highest BCUT2D eigenvalue weighted by Gasteiger charge is 1.84. The summed E-state index contributed by atoms with van der Waals surface area (Å²) in [6.45, 7) is 2.22. The van der Waals surface area contributed by atoms with Gasteiger partial charge in [0.15, 0.2) is 0 Å². The molecule has 0 spiro atoms. The zero-order chi connectivity index (χ0) is 10.5. The molecule has 0 saturated heterocycles. The van der Waals surface area contributed by atoms with Crippen molar-refractivity contribution in [1.82, 2.24) is 4.98 Å². The van der Waals surface area contributed by atoms with Crippen molar-refractivity contribution < 1.29 is 0 Å². The van der Waals surface area contributed by atoms with Gasteiger partial charge in [-0.3, -0.25) is 4.98 Å². The second-order valence-corrected chi connectivity index (χ2v) is 3.51. The highest BCUT2D eigenvalue weighted by atomic mass is 35.5. The Bertz CT molecular complexity index is 144. The van der Waals surface area contributed by atoms with Crippen LogP contribution in [0.25, 0.3) is 0 Å². The third-order valence-corrected chi connectivity index (χ3v) is 2.07. The van der Waals surface area contributed by atoms with Crippen molar-refractivity contribution >= 4 is 11.6 Å². The van der Waals surface area contributed by atoms with Crippen LogP contribution in [-0.2, 0) is 0 Å². The molecule has 0 amide bonds. The van der Waals surface area contributed by atoms with Crippen molar-refractivity contribution in [2.75, 3.05) is 5.88 Å². The first-order valence-corrected chi connectivity index (χ1v) is 5.86. The van der Waals surface area contributed by atoms with Gasteiger partial charge in [0.2, 0.25) is 0 Å². The highest BCUT2D eigenvalue weighted by molar-refractivity contribution is 6.17. The molecule has 1 aromatic heterocycles. The fraction of sp³-hybridized carbons (Fsp3) is 0.583. The Morgan fingerprint density at radius 3 is 1.93 bits per heavy atom. The van der Waals surface area contributed by atoms with E-state index in [0.717, 1.165) is 5.88 Å². The van der Waals surface area contributed by atoms with E-state index in [0.29, 0.717) is 0 Å². The zero-order valence-corrected chi connectivity index (χ0v) is 9.71. The van der Waals surface area contributed by atoms with Crippen LogP contribution in [0.1, 0.15) is 39.0 Å². The molecule has 14 heavy (non-hydrogen) atoms. The van der Waals surface area contributed by atoms with E-state index >= 15 is 0 Å². The Balaban J connectivity index is 0.000000249. The topological polar surface area (TPSA) is 12.9 Å². The van der Waals surface area contributed by atoms with Gasteiger partial charge >= 0.3 is 0 Å². The molecule has 0 fully saturated rings. The van der Waals surface area contributed by atoms with Gasteiger partial charge < -0.3 is 0 Å². The number of pyridine rings is 1. The van der Waals surface area contributed by atoms with Crippen molar-refractivity contribution in [2.45, 2.75) is 39.0 Å². The summed E-state index contributed by atoms with van der Waals surface area (Å²) >= 11 is 5.48. The smallest absolute Gasteiger partial charge is 0.0267 e. The second-order valence-electron chi connectivity index (χ2n) is 3.13. The lowest BCUT2D eigenvalue weighted by Crippen LogP contribution is -1.76. The summed E-state index contributed by atoms with van der Waals surface area (Å²) in [6.07, 6.45) is 10.1. The fourth-order valence-electron chi connectivity index (χ4n) is 1.01. The van der Waals surface area contributed by atoms with Crippen LogP contribution in [0, 0.1) is 0 Å². The third kappa shape index (κ3) is 11.4. The predicted octanol–water partition coefficient (Wildman–Crippen LogP) is 4.28. The molecule has 0 aliphatic heterocycles. The van der Waals surface area contributed by atoms with Gasteiger partial charge in [-0.2, -0.15) is 0 Å². The van der Waals surface area contributed by atoms with Crippen LogP contribution >= 0.6 is 11.6 Å². The molecular formula is C12H20ClN. The van der Waals surface area contributed by atoms with Gasteiger partial charge in [-0.15, -0.1) is 11.6 Å². The number of hydrogen-bond acceptors (Lipinski definition) is 1. The van der Waals surface area contributed by atoms with Gasteiger partial charge in [0.1, 0.15) is 0 Å². The molecule has 1 rings (SSSR count). The third-order valence-electron chi connectivity index (χ3n) is 1.80. The number of alkyl halides is 1. The number of nitrogens with zero attached hydrogens (tertiary/aromatic N) is 1. The van der Waals surface area contributed by atoms with Gasteiger partial charge in [0.05, 0.1) is 0 Å². The first kappa shape index (κ1) is 13.4. The summed E-state index contributed by atoms with van der Waals surface area (Å²) in [4.78, 5) is 3.78. The first-order chi connectivity index (χ1) is 6.91. The molecule has 0 atom stereocenters. The summed E-state index contributed by atoms with van der Waals surface area (Å²) in [5.74, 6) is 0.837. The Morgan fingerprint density at radius 2 is 1.57 bits per heavy atom. The SMILES string of the molecule is CCCCCCCCl.c1ccncc1. The van der Waals surface area contributed by atoms with Gasteiger partial charge in [-0.05, 0) is 18.6 Å². The Kier molecular flexibility index (Phi) is 11.9. The van der Waals surface area contributed by atoms with Crippen LogP contribution in [0.3, 0.4) is 0 Å². The summed E-state index contributed by atoms with van der Waals surface area (Å²) in [5.41, 5.74) is 0. The Morgan fingerprint density at radius 1 is 0.929 bits per heavy atom. The molecule has 2 heteroatoms. The maximum absolute atomic E-state index is 5.48. The quantitative estimate of drug-likeness (QED) is 0.526. The molecule has 80 valence electrons. The van der Waals surface area contributed by atoms with E-state index in [2.05, 4.69) is 11.9 Å². The van der Waals surface area contributed by atoms with Crippen molar-refractivity contribution in [3.8, 4) is 0 Å². The molecule has 0 aliphatic carbocycles. The molecule has 1 nitrogen and oxygen atoms in total. The van der Waals surface area contributed by atoms with E-state index in [-0.39, 0.29) is 0 Å². The molecular weight excluding hydrogens is 194 g/mol. The minimum absolute atomic E-state index is 0.837. The van der Waals surface area contributed by atoms with E-state index in [1.165, 1.54) is 32.1 Å².